The van der Waals surface area contributed by atoms with Gasteiger partial charge in [0.2, 0.25) is 0 Å². The van der Waals surface area contributed by atoms with E-state index < -0.39 is 0 Å². The van der Waals surface area contributed by atoms with E-state index in [0.717, 1.165) is 11.1 Å². The Morgan fingerprint density at radius 2 is 2.16 bits per heavy atom. The van der Waals surface area contributed by atoms with Gasteiger partial charge in [0.25, 0.3) is 5.91 Å². The number of benzene rings is 1. The van der Waals surface area contributed by atoms with Gasteiger partial charge in [-0.1, -0.05) is 0 Å². The molecule has 4 nitrogen and oxygen atoms in total. The van der Waals surface area contributed by atoms with Crippen molar-refractivity contribution < 1.29 is 9.21 Å². The van der Waals surface area contributed by atoms with E-state index in [9.17, 15) is 4.79 Å². The highest BCUT2D eigenvalue weighted by atomic mass is 32.1. The summed E-state index contributed by atoms with van der Waals surface area (Å²) in [6.45, 7) is 0.286. The topological polar surface area (TPSA) is 68.3 Å². The van der Waals surface area contributed by atoms with Crippen LogP contribution in [0.3, 0.4) is 0 Å². The molecular formula is C14H12N2O2S. The fourth-order valence-corrected chi connectivity index (χ4v) is 2.62. The van der Waals surface area contributed by atoms with Crippen LogP contribution < -0.4 is 11.1 Å². The van der Waals surface area contributed by atoms with Crippen LogP contribution in [-0.4, -0.2) is 5.91 Å². The summed E-state index contributed by atoms with van der Waals surface area (Å²) in [4.78, 5) is 12.0. The Balaban J connectivity index is 1.81. The van der Waals surface area contributed by atoms with Crippen molar-refractivity contribution in [3.63, 3.8) is 0 Å². The zero-order chi connectivity index (χ0) is 13.2. The van der Waals surface area contributed by atoms with Crippen molar-refractivity contribution >= 4 is 33.0 Å². The maximum absolute atomic E-state index is 12.0. The third-order valence-corrected chi connectivity index (χ3v) is 3.69. The summed E-state index contributed by atoms with van der Waals surface area (Å²) in [5.41, 5.74) is 6.19. The fourth-order valence-electron chi connectivity index (χ4n) is 1.85. The smallest absolute Gasteiger partial charge is 0.291 e. The van der Waals surface area contributed by atoms with Crippen molar-refractivity contribution in [2.75, 3.05) is 5.32 Å². The number of nitrogens with one attached hydrogen (secondary N) is 1. The maximum atomic E-state index is 12.0. The number of anilines is 1. The van der Waals surface area contributed by atoms with Crippen molar-refractivity contribution in [1.29, 1.82) is 0 Å². The number of carbonyl (C=O) groups is 1. The molecular weight excluding hydrogens is 260 g/mol. The summed E-state index contributed by atoms with van der Waals surface area (Å²) >= 11 is 1.67. The first-order valence-corrected chi connectivity index (χ1v) is 6.71. The number of rotatable bonds is 3. The normalized spacial score (nSPS) is 10.8. The van der Waals surface area contributed by atoms with Gasteiger partial charge in [-0.05, 0) is 47.2 Å². The predicted molar refractivity (Wildman–Crippen MR) is 76.4 cm³/mol. The quantitative estimate of drug-likeness (QED) is 0.769. The van der Waals surface area contributed by atoms with Gasteiger partial charge < -0.3 is 15.5 Å². The number of carbonyl (C=O) groups excluding carboxylic acids is 1. The van der Waals surface area contributed by atoms with Gasteiger partial charge in [-0.3, -0.25) is 4.79 Å². The molecule has 0 unspecified atom stereocenters. The van der Waals surface area contributed by atoms with Crippen molar-refractivity contribution in [2.45, 2.75) is 6.54 Å². The second-order valence-corrected chi connectivity index (χ2v) is 5.05. The van der Waals surface area contributed by atoms with Crippen molar-refractivity contribution in [3.8, 4) is 0 Å². The summed E-state index contributed by atoms with van der Waals surface area (Å²) in [5, 5.41) is 5.95. The van der Waals surface area contributed by atoms with E-state index in [1.807, 2.05) is 29.6 Å². The van der Waals surface area contributed by atoms with Crippen molar-refractivity contribution in [3.05, 3.63) is 53.3 Å². The molecule has 0 saturated carbocycles. The molecule has 3 aromatic rings. The Kier molecular flexibility index (Phi) is 3.06. The summed E-state index contributed by atoms with van der Waals surface area (Å²) in [5.74, 6) is 0.596. The minimum atomic E-state index is -0.269. The average Bonchev–Trinajstić information content (AvgIpc) is 3.06. The lowest BCUT2D eigenvalue weighted by atomic mass is 10.2. The van der Waals surface area contributed by atoms with Gasteiger partial charge in [0.1, 0.15) is 5.76 Å². The zero-order valence-corrected chi connectivity index (χ0v) is 10.9. The van der Waals surface area contributed by atoms with Gasteiger partial charge in [0.05, 0.1) is 6.54 Å². The first-order chi connectivity index (χ1) is 9.26. The summed E-state index contributed by atoms with van der Waals surface area (Å²) in [6.07, 6.45) is 0. The van der Waals surface area contributed by atoms with E-state index in [-0.39, 0.29) is 18.2 Å². The van der Waals surface area contributed by atoms with Crippen LogP contribution in [0.2, 0.25) is 0 Å². The molecule has 3 rings (SSSR count). The van der Waals surface area contributed by atoms with Gasteiger partial charge in [-0.2, -0.15) is 0 Å². The van der Waals surface area contributed by atoms with Gasteiger partial charge in [0, 0.05) is 10.4 Å². The van der Waals surface area contributed by atoms with Gasteiger partial charge in [-0.15, -0.1) is 11.3 Å². The summed E-state index contributed by atoms with van der Waals surface area (Å²) in [7, 11) is 0. The molecule has 19 heavy (non-hydrogen) atoms. The number of furan rings is 1. The minimum absolute atomic E-state index is 0.269. The molecule has 1 aromatic carbocycles. The summed E-state index contributed by atoms with van der Waals surface area (Å²) < 4.78 is 6.50. The zero-order valence-electron chi connectivity index (χ0n) is 10.1. The predicted octanol–water partition coefficient (Wildman–Crippen LogP) is 3.21. The molecule has 0 aliphatic rings. The van der Waals surface area contributed by atoms with Gasteiger partial charge >= 0.3 is 0 Å². The number of nitrogens with two attached hydrogens (primary N) is 1. The second-order valence-electron chi connectivity index (χ2n) is 4.10. The number of amides is 1. The highest BCUT2D eigenvalue weighted by Gasteiger charge is 2.11. The van der Waals surface area contributed by atoms with Crippen LogP contribution in [0.15, 0.2) is 46.2 Å². The standard InChI is InChI=1S/C14H12N2O2S/c15-8-11-2-3-12(18-11)14(17)16-10-1-4-13-9(7-10)5-6-19-13/h1-7H,8,15H2,(H,16,17). The Morgan fingerprint density at radius 1 is 1.26 bits per heavy atom. The summed E-state index contributed by atoms with van der Waals surface area (Å²) in [6, 6.07) is 11.2. The lowest BCUT2D eigenvalue weighted by molar-refractivity contribution is 0.0995. The van der Waals surface area contributed by atoms with Crippen LogP contribution >= 0.6 is 11.3 Å². The monoisotopic (exact) mass is 272 g/mol. The molecule has 2 aromatic heterocycles. The molecule has 3 N–H and O–H groups in total. The third kappa shape index (κ3) is 2.38. The van der Waals surface area contributed by atoms with Crippen molar-refractivity contribution in [1.82, 2.24) is 0 Å². The Morgan fingerprint density at radius 3 is 2.95 bits per heavy atom. The molecule has 96 valence electrons. The van der Waals surface area contributed by atoms with Crippen LogP contribution in [0.25, 0.3) is 10.1 Å². The maximum Gasteiger partial charge on any atom is 0.291 e. The van der Waals surface area contributed by atoms with E-state index >= 15 is 0 Å². The molecule has 0 fully saturated rings. The molecule has 0 radical (unpaired) electrons. The molecule has 2 heterocycles. The van der Waals surface area contributed by atoms with E-state index in [4.69, 9.17) is 10.2 Å². The first-order valence-electron chi connectivity index (χ1n) is 5.83. The van der Waals surface area contributed by atoms with Gasteiger partial charge in [0.15, 0.2) is 5.76 Å². The molecule has 5 heteroatoms. The minimum Gasteiger partial charge on any atom is -0.455 e. The van der Waals surface area contributed by atoms with Crippen LogP contribution in [0, 0.1) is 0 Å². The number of hydrogen-bond donors (Lipinski definition) is 2. The van der Waals surface area contributed by atoms with E-state index in [2.05, 4.69) is 5.32 Å². The van der Waals surface area contributed by atoms with Crippen LogP contribution in [-0.2, 0) is 6.54 Å². The highest BCUT2D eigenvalue weighted by Crippen LogP contribution is 2.24. The fraction of sp³-hybridized carbons (Fsp3) is 0.0714. The molecule has 0 bridgehead atoms. The van der Waals surface area contributed by atoms with E-state index in [1.54, 1.807) is 23.5 Å². The molecule has 0 spiro atoms. The molecule has 1 amide bonds. The SMILES string of the molecule is NCc1ccc(C(=O)Nc2ccc3sccc3c2)o1. The van der Waals surface area contributed by atoms with Gasteiger partial charge in [-0.25, -0.2) is 0 Å². The molecule has 0 aliphatic heterocycles. The highest BCUT2D eigenvalue weighted by molar-refractivity contribution is 7.17. The van der Waals surface area contributed by atoms with Crippen LogP contribution in [0.5, 0.6) is 0 Å². The first kappa shape index (κ1) is 12.0. The third-order valence-electron chi connectivity index (χ3n) is 2.80. The molecule has 0 atom stereocenters. The van der Waals surface area contributed by atoms with Crippen molar-refractivity contribution in [2.24, 2.45) is 5.73 Å². The van der Waals surface area contributed by atoms with Crippen LogP contribution in [0.4, 0.5) is 5.69 Å². The Labute approximate surface area is 113 Å². The Hall–Kier alpha value is -2.11. The lowest BCUT2D eigenvalue weighted by Gasteiger charge is -2.03. The molecule has 0 saturated heterocycles. The lowest BCUT2D eigenvalue weighted by Crippen LogP contribution is -2.10. The molecule has 0 aliphatic carbocycles. The largest absolute Gasteiger partial charge is 0.455 e. The Bertz CT molecular complexity index is 730. The van der Waals surface area contributed by atoms with Crippen LogP contribution in [0.1, 0.15) is 16.3 Å². The second kappa shape index (κ2) is 4.87. The number of thiophene rings is 1. The van der Waals surface area contributed by atoms with E-state index in [0.29, 0.717) is 5.76 Å². The number of hydrogen-bond acceptors (Lipinski definition) is 4. The van der Waals surface area contributed by atoms with E-state index in [1.165, 1.54) is 4.70 Å². The average molecular weight is 272 g/mol. The number of fused-ring (bicyclic) bond motifs is 1.